The van der Waals surface area contributed by atoms with Crippen LogP contribution in [0, 0.1) is 20.8 Å². The number of benzene rings is 2. The molecule has 158 valence electrons. The van der Waals surface area contributed by atoms with Gasteiger partial charge in [0.25, 0.3) is 5.91 Å². The van der Waals surface area contributed by atoms with Crippen LogP contribution in [0.2, 0.25) is 0 Å². The number of nitrogens with zero attached hydrogens (tertiary/aromatic N) is 4. The van der Waals surface area contributed by atoms with Gasteiger partial charge in [-0.15, -0.1) is 0 Å². The van der Waals surface area contributed by atoms with Gasteiger partial charge in [0.05, 0.1) is 18.5 Å². The lowest BCUT2D eigenvalue weighted by Gasteiger charge is -2.09. The molecule has 0 aliphatic heterocycles. The molecule has 0 unspecified atom stereocenters. The first-order chi connectivity index (χ1) is 15.0. The quantitative estimate of drug-likeness (QED) is 0.518. The molecule has 4 rings (SSSR count). The Morgan fingerprint density at radius 1 is 1.03 bits per heavy atom. The predicted octanol–water partition coefficient (Wildman–Crippen LogP) is 3.92. The van der Waals surface area contributed by atoms with Crippen molar-refractivity contribution in [3.8, 4) is 17.1 Å². The van der Waals surface area contributed by atoms with E-state index >= 15 is 0 Å². The van der Waals surface area contributed by atoms with Crippen molar-refractivity contribution in [2.24, 2.45) is 0 Å². The standard InChI is InChI=1S/C24H25N5O2/c1-16-10-11-23(31-4)22(14-16)28-13-12-21(27-28)24(30)25-15-20-17(2)26-29(18(20)3)19-8-6-5-7-9-19/h5-14H,15H2,1-4H3,(H,25,30). The second-order valence-electron chi connectivity index (χ2n) is 7.40. The number of methoxy groups -OCH3 is 1. The van der Waals surface area contributed by atoms with E-state index in [2.05, 4.69) is 15.5 Å². The third-order valence-electron chi connectivity index (χ3n) is 5.27. The van der Waals surface area contributed by atoms with Crippen LogP contribution in [0.15, 0.2) is 60.8 Å². The van der Waals surface area contributed by atoms with Crippen LogP contribution >= 0.6 is 0 Å². The molecule has 0 aliphatic carbocycles. The molecular weight excluding hydrogens is 390 g/mol. The molecule has 7 nitrogen and oxygen atoms in total. The van der Waals surface area contributed by atoms with Crippen molar-refractivity contribution in [2.75, 3.05) is 7.11 Å². The van der Waals surface area contributed by atoms with Crippen LogP contribution in [0.4, 0.5) is 0 Å². The maximum atomic E-state index is 12.7. The molecule has 2 heterocycles. The van der Waals surface area contributed by atoms with E-state index in [4.69, 9.17) is 4.74 Å². The number of rotatable bonds is 6. The number of aromatic nitrogens is 4. The molecule has 0 saturated heterocycles. The summed E-state index contributed by atoms with van der Waals surface area (Å²) >= 11 is 0. The Labute approximate surface area is 181 Å². The Kier molecular flexibility index (Phi) is 5.58. The average Bonchev–Trinajstić information content (AvgIpc) is 3.38. The van der Waals surface area contributed by atoms with E-state index in [1.165, 1.54) is 0 Å². The normalized spacial score (nSPS) is 10.8. The molecule has 0 spiro atoms. The summed E-state index contributed by atoms with van der Waals surface area (Å²) < 4.78 is 8.98. The highest BCUT2D eigenvalue weighted by molar-refractivity contribution is 5.92. The maximum Gasteiger partial charge on any atom is 0.272 e. The first-order valence-electron chi connectivity index (χ1n) is 10.1. The molecule has 0 saturated carbocycles. The van der Waals surface area contributed by atoms with E-state index in [9.17, 15) is 4.79 Å². The molecule has 0 atom stereocenters. The van der Waals surface area contributed by atoms with Gasteiger partial charge in [-0.05, 0) is 56.7 Å². The van der Waals surface area contributed by atoms with Gasteiger partial charge >= 0.3 is 0 Å². The van der Waals surface area contributed by atoms with Crippen molar-refractivity contribution in [1.82, 2.24) is 24.9 Å². The van der Waals surface area contributed by atoms with Crippen molar-refractivity contribution in [2.45, 2.75) is 27.3 Å². The van der Waals surface area contributed by atoms with Crippen molar-refractivity contribution < 1.29 is 9.53 Å². The van der Waals surface area contributed by atoms with Gasteiger partial charge in [-0.3, -0.25) is 4.79 Å². The Bertz CT molecular complexity index is 1220. The second-order valence-corrected chi connectivity index (χ2v) is 7.40. The molecule has 2 aromatic heterocycles. The van der Waals surface area contributed by atoms with Crippen LogP contribution in [0.5, 0.6) is 5.75 Å². The topological polar surface area (TPSA) is 74.0 Å². The van der Waals surface area contributed by atoms with Gasteiger partial charge in [-0.25, -0.2) is 9.36 Å². The fraction of sp³-hybridized carbons (Fsp3) is 0.208. The second kappa shape index (κ2) is 8.47. The SMILES string of the molecule is COc1ccc(C)cc1-n1ccc(C(=O)NCc2c(C)nn(-c3ccccc3)c2C)n1. The Hall–Kier alpha value is -3.87. The van der Waals surface area contributed by atoms with Crippen molar-refractivity contribution >= 4 is 5.91 Å². The molecule has 31 heavy (non-hydrogen) atoms. The molecule has 0 bridgehead atoms. The van der Waals surface area contributed by atoms with E-state index in [-0.39, 0.29) is 5.91 Å². The summed E-state index contributed by atoms with van der Waals surface area (Å²) in [6, 6.07) is 17.5. The van der Waals surface area contributed by atoms with Crippen molar-refractivity contribution in [3.05, 3.63) is 89.0 Å². The highest BCUT2D eigenvalue weighted by atomic mass is 16.5. The zero-order valence-electron chi connectivity index (χ0n) is 18.1. The van der Waals surface area contributed by atoms with Crippen LogP contribution in [-0.2, 0) is 6.54 Å². The Morgan fingerprint density at radius 3 is 2.55 bits per heavy atom. The lowest BCUT2D eigenvalue weighted by atomic mass is 10.2. The fourth-order valence-corrected chi connectivity index (χ4v) is 3.57. The van der Waals surface area contributed by atoms with Crippen molar-refractivity contribution in [1.29, 1.82) is 0 Å². The summed E-state index contributed by atoms with van der Waals surface area (Å²) in [5.74, 6) is 0.455. The first kappa shape index (κ1) is 20.4. The van der Waals surface area contributed by atoms with Gasteiger partial charge in [-0.2, -0.15) is 10.2 Å². The number of amides is 1. The summed E-state index contributed by atoms with van der Waals surface area (Å²) in [7, 11) is 1.62. The third-order valence-corrected chi connectivity index (χ3v) is 5.27. The van der Waals surface area contributed by atoms with E-state index in [1.54, 1.807) is 24.1 Å². The highest BCUT2D eigenvalue weighted by Gasteiger charge is 2.16. The first-order valence-corrected chi connectivity index (χ1v) is 10.1. The summed E-state index contributed by atoms with van der Waals surface area (Å²) in [4.78, 5) is 12.7. The molecule has 2 aromatic carbocycles. The average molecular weight is 415 g/mol. The van der Waals surface area contributed by atoms with Crippen LogP contribution in [0.3, 0.4) is 0 Å². The number of para-hydroxylation sites is 1. The zero-order chi connectivity index (χ0) is 22.0. The largest absolute Gasteiger partial charge is 0.494 e. The van der Waals surface area contributed by atoms with Crippen LogP contribution < -0.4 is 10.1 Å². The summed E-state index contributed by atoms with van der Waals surface area (Å²) in [5, 5.41) is 12.0. The lowest BCUT2D eigenvalue weighted by molar-refractivity contribution is 0.0945. The molecule has 4 aromatic rings. The number of carbonyl (C=O) groups is 1. The fourth-order valence-electron chi connectivity index (χ4n) is 3.57. The van der Waals surface area contributed by atoms with E-state index in [1.807, 2.05) is 74.0 Å². The van der Waals surface area contributed by atoms with E-state index < -0.39 is 0 Å². The number of hydrogen-bond acceptors (Lipinski definition) is 4. The summed E-state index contributed by atoms with van der Waals surface area (Å²) in [5.41, 5.74) is 6.09. The lowest BCUT2D eigenvalue weighted by Crippen LogP contribution is -2.24. The minimum absolute atomic E-state index is 0.239. The van der Waals surface area contributed by atoms with Crippen LogP contribution in [0.1, 0.15) is 33.0 Å². The Morgan fingerprint density at radius 2 is 1.81 bits per heavy atom. The third kappa shape index (κ3) is 4.07. The smallest absolute Gasteiger partial charge is 0.272 e. The zero-order valence-corrected chi connectivity index (χ0v) is 18.1. The summed E-state index contributed by atoms with van der Waals surface area (Å²) in [6.07, 6.45) is 1.76. The predicted molar refractivity (Wildman–Crippen MR) is 119 cm³/mol. The highest BCUT2D eigenvalue weighted by Crippen LogP contribution is 2.23. The summed E-state index contributed by atoms with van der Waals surface area (Å²) in [6.45, 7) is 6.34. The van der Waals surface area contributed by atoms with Crippen molar-refractivity contribution in [3.63, 3.8) is 0 Å². The molecule has 0 aliphatic rings. The number of ether oxygens (including phenoxy) is 1. The molecule has 0 radical (unpaired) electrons. The van der Waals surface area contributed by atoms with Gasteiger partial charge in [0, 0.05) is 24.0 Å². The number of carbonyl (C=O) groups excluding carboxylic acids is 1. The minimum atomic E-state index is -0.239. The Balaban J connectivity index is 1.51. The van der Waals surface area contributed by atoms with Gasteiger partial charge < -0.3 is 10.1 Å². The van der Waals surface area contributed by atoms with E-state index in [0.717, 1.165) is 33.9 Å². The molecule has 1 amide bonds. The van der Waals surface area contributed by atoms with E-state index in [0.29, 0.717) is 18.0 Å². The van der Waals surface area contributed by atoms with Crippen LogP contribution in [-0.4, -0.2) is 32.6 Å². The number of aryl methyl sites for hydroxylation is 2. The maximum absolute atomic E-state index is 12.7. The number of nitrogens with one attached hydrogen (secondary N) is 1. The molecule has 1 N–H and O–H groups in total. The monoisotopic (exact) mass is 415 g/mol. The minimum Gasteiger partial charge on any atom is -0.494 e. The number of hydrogen-bond donors (Lipinski definition) is 1. The van der Waals surface area contributed by atoms with Gasteiger partial charge in [0.1, 0.15) is 11.4 Å². The molecule has 7 heteroatoms. The van der Waals surface area contributed by atoms with Gasteiger partial charge in [-0.1, -0.05) is 24.3 Å². The van der Waals surface area contributed by atoms with Crippen LogP contribution in [0.25, 0.3) is 11.4 Å². The van der Waals surface area contributed by atoms with Gasteiger partial charge in [0.15, 0.2) is 5.69 Å². The molecular formula is C24H25N5O2. The molecule has 0 fully saturated rings. The van der Waals surface area contributed by atoms with Gasteiger partial charge in [0.2, 0.25) is 0 Å².